The largest absolute Gasteiger partial charge is 0.507 e. The molecule has 1 saturated heterocycles. The number of aliphatic hydroxyl groups is 1. The van der Waals surface area contributed by atoms with Gasteiger partial charge in [0.25, 0.3) is 11.7 Å². The fourth-order valence-corrected chi connectivity index (χ4v) is 4.56. The van der Waals surface area contributed by atoms with Gasteiger partial charge in [-0.25, -0.2) is 0 Å². The van der Waals surface area contributed by atoms with Crippen molar-refractivity contribution in [2.75, 3.05) is 31.0 Å². The average Bonchev–Trinajstić information content (AvgIpc) is 3.14. The van der Waals surface area contributed by atoms with E-state index in [1.807, 2.05) is 94.4 Å². The Morgan fingerprint density at radius 2 is 1.61 bits per heavy atom. The van der Waals surface area contributed by atoms with Crippen LogP contribution in [0.4, 0.5) is 11.4 Å². The van der Waals surface area contributed by atoms with Crippen molar-refractivity contribution < 1.29 is 19.4 Å². The van der Waals surface area contributed by atoms with Crippen molar-refractivity contribution in [1.29, 1.82) is 0 Å². The number of rotatable bonds is 6. The molecular formula is C30H32N2O4. The summed E-state index contributed by atoms with van der Waals surface area (Å²) in [5, 5.41) is 11.5. The lowest BCUT2D eigenvalue weighted by molar-refractivity contribution is -0.132. The molecule has 3 aromatic carbocycles. The van der Waals surface area contributed by atoms with Gasteiger partial charge in [-0.05, 0) is 66.4 Å². The number of ketones is 1. The van der Waals surface area contributed by atoms with Crippen LogP contribution < -0.4 is 14.5 Å². The Morgan fingerprint density at radius 3 is 2.17 bits per heavy atom. The highest BCUT2D eigenvalue weighted by atomic mass is 16.5. The second kappa shape index (κ2) is 9.90. The second-order valence-electron chi connectivity index (χ2n) is 9.60. The molecular weight excluding hydrogens is 452 g/mol. The fraction of sp³-hybridized carbons (Fsp3) is 0.267. The van der Waals surface area contributed by atoms with Crippen molar-refractivity contribution in [3.8, 4) is 5.75 Å². The lowest BCUT2D eigenvalue weighted by Crippen LogP contribution is -2.29. The van der Waals surface area contributed by atoms with Gasteiger partial charge >= 0.3 is 0 Å². The molecule has 1 atom stereocenters. The van der Waals surface area contributed by atoms with Crippen LogP contribution in [0.5, 0.6) is 5.75 Å². The molecule has 1 heterocycles. The van der Waals surface area contributed by atoms with Crippen LogP contribution in [-0.2, 0) is 9.59 Å². The van der Waals surface area contributed by atoms with Crippen LogP contribution in [0.3, 0.4) is 0 Å². The molecule has 6 nitrogen and oxygen atoms in total. The first-order valence-corrected chi connectivity index (χ1v) is 12.0. The number of carbonyl (C=O) groups is 2. The summed E-state index contributed by atoms with van der Waals surface area (Å²) in [6.45, 7) is 6.03. The molecule has 1 fully saturated rings. The number of amides is 1. The van der Waals surface area contributed by atoms with Crippen LogP contribution in [0.25, 0.3) is 5.76 Å². The molecule has 0 bridgehead atoms. The van der Waals surface area contributed by atoms with Crippen LogP contribution in [0.15, 0.2) is 72.3 Å². The highest BCUT2D eigenvalue weighted by Gasteiger charge is 2.47. The average molecular weight is 485 g/mol. The molecule has 1 unspecified atom stereocenters. The molecule has 36 heavy (non-hydrogen) atoms. The van der Waals surface area contributed by atoms with Crippen molar-refractivity contribution >= 4 is 28.8 Å². The number of aryl methyl sites for hydroxylation is 1. The third-order valence-electron chi connectivity index (χ3n) is 6.61. The zero-order valence-corrected chi connectivity index (χ0v) is 21.6. The molecule has 0 aromatic heterocycles. The molecule has 0 radical (unpaired) electrons. The normalized spacial score (nSPS) is 17.1. The molecule has 1 N–H and O–H groups in total. The summed E-state index contributed by atoms with van der Waals surface area (Å²) in [5.74, 6) is -0.736. The second-order valence-corrected chi connectivity index (χ2v) is 9.60. The van der Waals surface area contributed by atoms with E-state index in [2.05, 4.69) is 0 Å². The van der Waals surface area contributed by atoms with Crippen LogP contribution >= 0.6 is 0 Å². The van der Waals surface area contributed by atoms with E-state index >= 15 is 0 Å². The Balaban J connectivity index is 1.93. The summed E-state index contributed by atoms with van der Waals surface area (Å²) >= 11 is 0. The maximum absolute atomic E-state index is 13.4. The third kappa shape index (κ3) is 4.47. The minimum Gasteiger partial charge on any atom is -0.507 e. The predicted molar refractivity (Wildman–Crippen MR) is 144 cm³/mol. The van der Waals surface area contributed by atoms with Gasteiger partial charge in [0, 0.05) is 31.0 Å². The van der Waals surface area contributed by atoms with Crippen molar-refractivity contribution in [3.05, 3.63) is 94.6 Å². The van der Waals surface area contributed by atoms with Gasteiger partial charge in [0.05, 0.1) is 18.7 Å². The third-order valence-corrected chi connectivity index (χ3v) is 6.61. The quantitative estimate of drug-likeness (QED) is 0.271. The molecule has 0 saturated carbocycles. The molecule has 4 rings (SSSR count). The van der Waals surface area contributed by atoms with E-state index in [1.54, 1.807) is 19.2 Å². The number of nitrogens with zero attached hydrogens (tertiary/aromatic N) is 2. The van der Waals surface area contributed by atoms with E-state index in [0.29, 0.717) is 17.0 Å². The standard InChI is InChI=1S/C30H32N2O4/c1-18(2)24-17-21(11-16-25(24)36-6)28(33)26-27(20-9-14-22(15-10-20)31(4)5)32(30(35)29(26)34)23-12-7-19(3)8-13-23/h7-18,27,33H,1-6H3/b28-26-. The number of methoxy groups -OCH3 is 1. The minimum absolute atomic E-state index is 0.0676. The topological polar surface area (TPSA) is 70.1 Å². The molecule has 3 aromatic rings. The maximum Gasteiger partial charge on any atom is 0.300 e. The summed E-state index contributed by atoms with van der Waals surface area (Å²) in [6.07, 6.45) is 0. The predicted octanol–water partition coefficient (Wildman–Crippen LogP) is 5.82. The van der Waals surface area contributed by atoms with E-state index < -0.39 is 17.7 Å². The van der Waals surface area contributed by atoms with Gasteiger partial charge in [0.1, 0.15) is 11.5 Å². The Bertz CT molecular complexity index is 1320. The molecule has 1 amide bonds. The number of aliphatic hydroxyl groups excluding tert-OH is 1. The van der Waals surface area contributed by atoms with Gasteiger partial charge < -0.3 is 14.7 Å². The number of hydrogen-bond donors (Lipinski definition) is 1. The summed E-state index contributed by atoms with van der Waals surface area (Å²) < 4.78 is 5.48. The maximum atomic E-state index is 13.4. The first-order chi connectivity index (χ1) is 17.1. The summed E-state index contributed by atoms with van der Waals surface area (Å²) in [5.41, 5.74) is 4.81. The number of carbonyl (C=O) groups excluding carboxylic acids is 2. The first-order valence-electron chi connectivity index (χ1n) is 12.0. The molecule has 0 aliphatic carbocycles. The van der Waals surface area contributed by atoms with Crippen LogP contribution in [0.2, 0.25) is 0 Å². The highest BCUT2D eigenvalue weighted by Crippen LogP contribution is 2.43. The summed E-state index contributed by atoms with van der Waals surface area (Å²) in [6, 6.07) is 19.7. The Hall–Kier alpha value is -4.06. The van der Waals surface area contributed by atoms with E-state index in [4.69, 9.17) is 4.74 Å². The van der Waals surface area contributed by atoms with Gasteiger partial charge in [-0.1, -0.05) is 43.7 Å². The first kappa shape index (κ1) is 25.0. The van der Waals surface area contributed by atoms with Gasteiger partial charge in [-0.2, -0.15) is 0 Å². The molecule has 1 aliphatic heterocycles. The molecule has 6 heteroatoms. The number of hydrogen-bond acceptors (Lipinski definition) is 5. The number of Topliss-reactive ketones (excluding diaryl/α,β-unsaturated/α-hetero) is 1. The van der Waals surface area contributed by atoms with E-state index in [-0.39, 0.29) is 17.3 Å². The SMILES string of the molecule is COc1ccc(/C(O)=C2/C(=O)C(=O)N(c3ccc(C)cc3)C2c2ccc(N(C)C)cc2)cc1C(C)C. The van der Waals surface area contributed by atoms with Crippen molar-refractivity contribution in [3.63, 3.8) is 0 Å². The van der Waals surface area contributed by atoms with Gasteiger partial charge in [-0.15, -0.1) is 0 Å². The van der Waals surface area contributed by atoms with Gasteiger partial charge in [0.15, 0.2) is 0 Å². The summed E-state index contributed by atoms with van der Waals surface area (Å²) in [7, 11) is 5.50. The van der Waals surface area contributed by atoms with E-state index in [9.17, 15) is 14.7 Å². The Kier molecular flexibility index (Phi) is 6.88. The Morgan fingerprint density at radius 1 is 0.972 bits per heavy atom. The van der Waals surface area contributed by atoms with Crippen LogP contribution in [-0.4, -0.2) is 38.0 Å². The van der Waals surface area contributed by atoms with Gasteiger partial charge in [0.2, 0.25) is 0 Å². The lowest BCUT2D eigenvalue weighted by Gasteiger charge is -2.26. The van der Waals surface area contributed by atoms with E-state index in [0.717, 1.165) is 22.4 Å². The number of benzene rings is 3. The van der Waals surface area contributed by atoms with Crippen molar-refractivity contribution in [1.82, 2.24) is 0 Å². The molecule has 186 valence electrons. The van der Waals surface area contributed by atoms with Gasteiger partial charge in [-0.3, -0.25) is 14.5 Å². The lowest BCUT2D eigenvalue weighted by atomic mass is 9.93. The monoisotopic (exact) mass is 484 g/mol. The van der Waals surface area contributed by atoms with Crippen molar-refractivity contribution in [2.24, 2.45) is 0 Å². The molecule has 1 aliphatic rings. The summed E-state index contributed by atoms with van der Waals surface area (Å²) in [4.78, 5) is 30.3. The van der Waals surface area contributed by atoms with E-state index in [1.165, 1.54) is 4.90 Å². The fourth-order valence-electron chi connectivity index (χ4n) is 4.56. The zero-order chi connectivity index (χ0) is 26.1. The highest BCUT2D eigenvalue weighted by molar-refractivity contribution is 6.51. The number of ether oxygens (including phenoxy) is 1. The Labute approximate surface area is 212 Å². The zero-order valence-electron chi connectivity index (χ0n) is 21.6. The smallest absolute Gasteiger partial charge is 0.300 e. The van der Waals surface area contributed by atoms with Crippen LogP contribution in [0.1, 0.15) is 48.1 Å². The molecule has 0 spiro atoms. The van der Waals surface area contributed by atoms with Crippen LogP contribution in [0, 0.1) is 6.92 Å². The number of anilines is 2. The minimum atomic E-state index is -0.770. The van der Waals surface area contributed by atoms with Crippen molar-refractivity contribution in [2.45, 2.75) is 32.7 Å².